The molecule has 0 aliphatic carbocycles. The zero-order chi connectivity index (χ0) is 21.9. The molecular weight excluding hydrogens is 437 g/mol. The Morgan fingerprint density at radius 3 is 2.67 bits per heavy atom. The van der Waals surface area contributed by atoms with Crippen LogP contribution >= 0.6 is 11.6 Å². The number of benzene rings is 2. The van der Waals surface area contributed by atoms with E-state index in [0.29, 0.717) is 16.9 Å². The van der Waals surface area contributed by atoms with Crippen molar-refractivity contribution in [1.82, 2.24) is 4.31 Å². The smallest absolute Gasteiger partial charge is 0.338 e. The van der Waals surface area contributed by atoms with Crippen LogP contribution in [0.4, 0.5) is 4.39 Å². The van der Waals surface area contributed by atoms with Crippen LogP contribution in [-0.4, -0.2) is 38.6 Å². The van der Waals surface area contributed by atoms with Gasteiger partial charge in [-0.1, -0.05) is 25.4 Å². The van der Waals surface area contributed by atoms with E-state index in [1.165, 1.54) is 34.6 Å². The highest BCUT2D eigenvalue weighted by Gasteiger charge is 2.26. The van der Waals surface area contributed by atoms with E-state index < -0.39 is 21.8 Å². The zero-order valence-electron chi connectivity index (χ0n) is 16.5. The van der Waals surface area contributed by atoms with Crippen LogP contribution < -0.4 is 4.74 Å². The van der Waals surface area contributed by atoms with Crippen molar-refractivity contribution in [2.75, 3.05) is 19.9 Å². The van der Waals surface area contributed by atoms with E-state index in [2.05, 4.69) is 0 Å². The molecule has 2 aromatic rings. The Balaban J connectivity index is 1.83. The van der Waals surface area contributed by atoms with Crippen LogP contribution in [-0.2, 0) is 32.7 Å². The predicted octanol–water partition coefficient (Wildman–Crippen LogP) is 3.73. The van der Waals surface area contributed by atoms with Crippen molar-refractivity contribution in [3.05, 3.63) is 57.9 Å². The van der Waals surface area contributed by atoms with Crippen molar-refractivity contribution in [3.63, 3.8) is 0 Å². The second-order valence-electron chi connectivity index (χ2n) is 6.47. The molecule has 0 bridgehead atoms. The number of esters is 1. The quantitative estimate of drug-likeness (QED) is 0.589. The Labute approximate surface area is 179 Å². The van der Waals surface area contributed by atoms with E-state index in [0.717, 1.165) is 0 Å². The third-order valence-corrected chi connectivity index (χ3v) is 7.13. The topological polar surface area (TPSA) is 82.1 Å². The summed E-state index contributed by atoms with van der Waals surface area (Å²) in [6, 6.07) is 6.40. The molecule has 0 amide bonds. The number of fused-ring (bicyclic) bond motifs is 1. The Morgan fingerprint density at radius 2 is 1.97 bits per heavy atom. The van der Waals surface area contributed by atoms with Gasteiger partial charge in [-0.2, -0.15) is 4.31 Å². The minimum absolute atomic E-state index is 0.00560. The van der Waals surface area contributed by atoms with E-state index in [1.807, 2.05) is 0 Å². The number of ether oxygens (including phenoxy) is 3. The molecule has 7 nitrogen and oxygen atoms in total. The molecule has 162 valence electrons. The third-order valence-electron chi connectivity index (χ3n) is 4.60. The largest absolute Gasteiger partial charge is 0.467 e. The predicted molar refractivity (Wildman–Crippen MR) is 107 cm³/mol. The molecule has 0 aromatic heterocycles. The fraction of sp³-hybridized carbons (Fsp3) is 0.350. The number of rotatable bonds is 7. The molecule has 1 heterocycles. The van der Waals surface area contributed by atoms with Gasteiger partial charge in [-0.25, -0.2) is 17.6 Å². The van der Waals surface area contributed by atoms with Gasteiger partial charge in [0.25, 0.3) is 0 Å². The summed E-state index contributed by atoms with van der Waals surface area (Å²) in [7, 11) is -3.86. The molecule has 1 aliphatic heterocycles. The first-order valence-electron chi connectivity index (χ1n) is 9.26. The normalized spacial score (nSPS) is 13.6. The molecule has 0 N–H and O–H groups in total. The lowest BCUT2D eigenvalue weighted by Gasteiger charge is -2.21. The fourth-order valence-corrected chi connectivity index (χ4v) is 5.08. The third kappa shape index (κ3) is 4.59. The van der Waals surface area contributed by atoms with Crippen LogP contribution in [0.2, 0.25) is 5.02 Å². The summed E-state index contributed by atoms with van der Waals surface area (Å²) in [5, 5.41) is 0.00560. The summed E-state index contributed by atoms with van der Waals surface area (Å²) < 4.78 is 56.4. The molecule has 10 heteroatoms. The summed E-state index contributed by atoms with van der Waals surface area (Å²) >= 11 is 6.09. The van der Waals surface area contributed by atoms with Crippen molar-refractivity contribution >= 4 is 27.6 Å². The van der Waals surface area contributed by atoms with Crippen LogP contribution in [0.1, 0.15) is 35.3 Å². The molecule has 0 spiro atoms. The van der Waals surface area contributed by atoms with Crippen LogP contribution in [0.15, 0.2) is 35.2 Å². The molecule has 0 saturated heterocycles. The van der Waals surface area contributed by atoms with Gasteiger partial charge in [0.2, 0.25) is 10.0 Å². The van der Waals surface area contributed by atoms with Crippen molar-refractivity contribution in [1.29, 1.82) is 0 Å². The number of hydrogen-bond acceptors (Lipinski definition) is 6. The van der Waals surface area contributed by atoms with Gasteiger partial charge >= 0.3 is 5.97 Å². The van der Waals surface area contributed by atoms with Gasteiger partial charge in [0, 0.05) is 24.2 Å². The van der Waals surface area contributed by atoms with Crippen LogP contribution in [0.3, 0.4) is 0 Å². The maximum atomic E-state index is 13.8. The first kappa shape index (κ1) is 22.5. The number of carbonyl (C=O) groups is 1. The average Bonchev–Trinajstić information content (AvgIpc) is 2.72. The molecule has 0 unspecified atom stereocenters. The summed E-state index contributed by atoms with van der Waals surface area (Å²) in [4.78, 5) is 12.4. The van der Waals surface area contributed by atoms with Gasteiger partial charge in [0.1, 0.15) is 23.1 Å². The number of carbonyl (C=O) groups excluding carboxylic acids is 1. The number of halogens is 2. The highest BCUT2D eigenvalue weighted by molar-refractivity contribution is 7.89. The average molecular weight is 458 g/mol. The van der Waals surface area contributed by atoms with E-state index in [1.54, 1.807) is 13.8 Å². The molecule has 30 heavy (non-hydrogen) atoms. The SMILES string of the molecule is CCN(CC)S(=O)(=O)c1cc(C(=O)OCc2cc(F)cc3c2OCOC3)ccc1Cl. The second kappa shape index (κ2) is 9.30. The molecular formula is C20H21ClFNO6S. The highest BCUT2D eigenvalue weighted by atomic mass is 35.5. The molecule has 0 fully saturated rings. The molecule has 2 aromatic carbocycles. The maximum Gasteiger partial charge on any atom is 0.338 e. The molecule has 0 atom stereocenters. The second-order valence-corrected chi connectivity index (χ2v) is 8.79. The van der Waals surface area contributed by atoms with E-state index in [-0.39, 0.29) is 48.6 Å². The molecule has 1 aliphatic rings. The summed E-state index contributed by atoms with van der Waals surface area (Å²) in [5.74, 6) is -0.864. The summed E-state index contributed by atoms with van der Waals surface area (Å²) in [6.45, 7) is 3.90. The molecule has 3 rings (SSSR count). The van der Waals surface area contributed by atoms with E-state index in [9.17, 15) is 17.6 Å². The Kier molecular flexibility index (Phi) is 6.97. The first-order valence-corrected chi connectivity index (χ1v) is 11.1. The lowest BCUT2D eigenvalue weighted by molar-refractivity contribution is -0.0182. The minimum Gasteiger partial charge on any atom is -0.467 e. The Bertz CT molecular complexity index is 1060. The first-order chi connectivity index (χ1) is 14.3. The zero-order valence-corrected chi connectivity index (χ0v) is 18.1. The standard InChI is InChI=1S/C20H21ClFNO6S/c1-3-23(4-2)30(25,26)18-9-13(5-6-17(18)21)20(24)28-11-15-8-16(22)7-14-10-27-12-29-19(14)15/h5-9H,3-4,10-12H2,1-2H3. The van der Waals surface area contributed by atoms with Crippen LogP contribution in [0.25, 0.3) is 0 Å². The van der Waals surface area contributed by atoms with Crippen molar-refractivity contribution in [2.45, 2.75) is 32.0 Å². The monoisotopic (exact) mass is 457 g/mol. The number of sulfonamides is 1. The summed E-state index contributed by atoms with van der Waals surface area (Å²) in [6.07, 6.45) is 0. The van der Waals surface area contributed by atoms with Crippen LogP contribution in [0, 0.1) is 5.82 Å². The minimum atomic E-state index is -3.86. The number of nitrogens with zero attached hydrogens (tertiary/aromatic N) is 1. The van der Waals surface area contributed by atoms with E-state index in [4.69, 9.17) is 25.8 Å². The molecule has 0 radical (unpaired) electrons. The van der Waals surface area contributed by atoms with Crippen molar-refractivity contribution < 1.29 is 31.8 Å². The van der Waals surface area contributed by atoms with Crippen molar-refractivity contribution in [3.8, 4) is 5.75 Å². The number of hydrogen-bond donors (Lipinski definition) is 0. The Morgan fingerprint density at radius 1 is 1.23 bits per heavy atom. The van der Waals surface area contributed by atoms with Gasteiger partial charge in [0.05, 0.1) is 17.2 Å². The highest BCUT2D eigenvalue weighted by Crippen LogP contribution is 2.30. The van der Waals surface area contributed by atoms with Gasteiger partial charge in [-0.05, 0) is 30.3 Å². The lowest BCUT2D eigenvalue weighted by atomic mass is 10.1. The Hall–Kier alpha value is -2.20. The van der Waals surface area contributed by atoms with Gasteiger partial charge in [0.15, 0.2) is 6.79 Å². The summed E-state index contributed by atoms with van der Waals surface area (Å²) in [5.41, 5.74) is 0.887. The van der Waals surface area contributed by atoms with Crippen LogP contribution in [0.5, 0.6) is 5.75 Å². The molecule has 0 saturated carbocycles. The van der Waals surface area contributed by atoms with Gasteiger partial charge in [-0.3, -0.25) is 0 Å². The lowest BCUT2D eigenvalue weighted by Crippen LogP contribution is -2.31. The maximum absolute atomic E-state index is 13.8. The fourth-order valence-electron chi connectivity index (χ4n) is 3.12. The van der Waals surface area contributed by atoms with Crippen molar-refractivity contribution in [2.24, 2.45) is 0 Å². The van der Waals surface area contributed by atoms with E-state index >= 15 is 0 Å². The van der Waals surface area contributed by atoms with Gasteiger partial charge < -0.3 is 14.2 Å². The van der Waals surface area contributed by atoms with Gasteiger partial charge in [-0.15, -0.1) is 0 Å².